The molecule has 0 aliphatic carbocycles. The Bertz CT molecular complexity index is 347. The van der Waals surface area contributed by atoms with E-state index in [2.05, 4.69) is 0 Å². The second kappa shape index (κ2) is 5.39. The van der Waals surface area contributed by atoms with Gasteiger partial charge in [0.1, 0.15) is 5.75 Å². The van der Waals surface area contributed by atoms with Crippen LogP contribution in [0.5, 0.6) is 5.75 Å². The van der Waals surface area contributed by atoms with Gasteiger partial charge >= 0.3 is 0 Å². The van der Waals surface area contributed by atoms with Crippen LogP contribution >= 0.6 is 0 Å². The molecule has 0 N–H and O–H groups in total. The molecular weight excluding hydrogens is 190 g/mol. The lowest BCUT2D eigenvalue weighted by atomic mass is 10.2. The quantitative estimate of drug-likeness (QED) is 0.749. The molecule has 3 nitrogen and oxygen atoms in total. The standard InChI is InChI=1S/C11H15NO2.CH4/c1-8-5-6-11(14-4)10(7-8)12(3)9(2)13;/h5-7H,1-4H3;1H4. The van der Waals surface area contributed by atoms with Crippen molar-refractivity contribution in [1.29, 1.82) is 0 Å². The summed E-state index contributed by atoms with van der Waals surface area (Å²) in [6.45, 7) is 3.51. The summed E-state index contributed by atoms with van der Waals surface area (Å²) in [6.07, 6.45) is 0. The number of nitrogens with zero attached hydrogens (tertiary/aromatic N) is 1. The number of carbonyl (C=O) groups excluding carboxylic acids is 1. The molecular formula is C12H19NO2. The molecule has 0 heterocycles. The second-order valence-electron chi connectivity index (χ2n) is 3.25. The molecule has 0 aliphatic heterocycles. The largest absolute Gasteiger partial charge is 0.495 e. The minimum Gasteiger partial charge on any atom is -0.495 e. The topological polar surface area (TPSA) is 29.5 Å². The van der Waals surface area contributed by atoms with Gasteiger partial charge in [0.15, 0.2) is 0 Å². The fraction of sp³-hybridized carbons (Fsp3) is 0.417. The summed E-state index contributed by atoms with van der Waals surface area (Å²) in [6, 6.07) is 5.75. The van der Waals surface area contributed by atoms with E-state index in [0.717, 1.165) is 11.3 Å². The van der Waals surface area contributed by atoms with E-state index < -0.39 is 0 Å². The zero-order valence-electron chi connectivity index (χ0n) is 9.00. The Morgan fingerprint density at radius 2 is 2.00 bits per heavy atom. The Labute approximate surface area is 91.7 Å². The summed E-state index contributed by atoms with van der Waals surface area (Å²) >= 11 is 0. The molecule has 0 saturated heterocycles. The van der Waals surface area contributed by atoms with Crippen molar-refractivity contribution in [2.45, 2.75) is 21.3 Å². The summed E-state index contributed by atoms with van der Waals surface area (Å²) in [5.41, 5.74) is 1.91. The first-order chi connectivity index (χ1) is 6.56. The molecule has 0 aromatic heterocycles. The van der Waals surface area contributed by atoms with Gasteiger partial charge in [0, 0.05) is 14.0 Å². The third-order valence-electron chi connectivity index (χ3n) is 2.17. The number of anilines is 1. The van der Waals surface area contributed by atoms with E-state index in [0.29, 0.717) is 5.75 Å². The van der Waals surface area contributed by atoms with Crippen molar-refractivity contribution >= 4 is 11.6 Å². The van der Waals surface area contributed by atoms with Crippen LogP contribution in [0.15, 0.2) is 18.2 Å². The molecule has 0 fully saturated rings. The van der Waals surface area contributed by atoms with Crippen LogP contribution in [0.4, 0.5) is 5.69 Å². The highest BCUT2D eigenvalue weighted by Crippen LogP contribution is 2.28. The molecule has 1 rings (SSSR count). The van der Waals surface area contributed by atoms with Crippen molar-refractivity contribution in [3.05, 3.63) is 23.8 Å². The van der Waals surface area contributed by atoms with Crippen molar-refractivity contribution in [1.82, 2.24) is 0 Å². The fourth-order valence-corrected chi connectivity index (χ4v) is 1.23. The number of amides is 1. The molecule has 1 aromatic carbocycles. The molecule has 1 amide bonds. The normalized spacial score (nSPS) is 9.07. The number of aryl methyl sites for hydroxylation is 1. The van der Waals surface area contributed by atoms with E-state index in [4.69, 9.17) is 4.74 Å². The number of benzene rings is 1. The van der Waals surface area contributed by atoms with Crippen LogP contribution in [0, 0.1) is 6.92 Å². The van der Waals surface area contributed by atoms with Crippen molar-refractivity contribution in [3.63, 3.8) is 0 Å². The number of hydrogen-bond acceptors (Lipinski definition) is 2. The highest BCUT2D eigenvalue weighted by atomic mass is 16.5. The van der Waals surface area contributed by atoms with Gasteiger partial charge in [0.2, 0.25) is 5.91 Å². The number of methoxy groups -OCH3 is 1. The summed E-state index contributed by atoms with van der Waals surface area (Å²) in [4.78, 5) is 12.8. The van der Waals surface area contributed by atoms with Gasteiger partial charge in [-0.2, -0.15) is 0 Å². The van der Waals surface area contributed by atoms with Crippen molar-refractivity contribution < 1.29 is 9.53 Å². The molecule has 0 radical (unpaired) electrons. The summed E-state index contributed by atoms with van der Waals surface area (Å²) in [7, 11) is 3.34. The molecule has 3 heteroatoms. The number of rotatable bonds is 2. The van der Waals surface area contributed by atoms with E-state index in [1.807, 2.05) is 25.1 Å². The van der Waals surface area contributed by atoms with Gasteiger partial charge in [-0.3, -0.25) is 4.79 Å². The highest BCUT2D eigenvalue weighted by molar-refractivity contribution is 5.92. The fourth-order valence-electron chi connectivity index (χ4n) is 1.23. The Kier molecular flexibility index (Phi) is 4.85. The molecule has 84 valence electrons. The smallest absolute Gasteiger partial charge is 0.223 e. The molecule has 0 unspecified atom stereocenters. The van der Waals surface area contributed by atoms with Gasteiger partial charge in [0.25, 0.3) is 0 Å². The first kappa shape index (κ1) is 13.5. The SMILES string of the molecule is C.COc1ccc(C)cc1N(C)C(C)=O. The van der Waals surface area contributed by atoms with E-state index in [-0.39, 0.29) is 13.3 Å². The predicted molar refractivity (Wildman–Crippen MR) is 63.5 cm³/mol. The van der Waals surface area contributed by atoms with Gasteiger partial charge in [-0.05, 0) is 24.6 Å². The van der Waals surface area contributed by atoms with Crippen LogP contribution in [0.1, 0.15) is 19.9 Å². The minimum absolute atomic E-state index is 0. The Morgan fingerprint density at radius 1 is 1.40 bits per heavy atom. The summed E-state index contributed by atoms with van der Waals surface area (Å²) in [5.74, 6) is 0.710. The van der Waals surface area contributed by atoms with Crippen molar-refractivity contribution in [2.75, 3.05) is 19.1 Å². The lowest BCUT2D eigenvalue weighted by Crippen LogP contribution is -2.23. The van der Waals surface area contributed by atoms with E-state index >= 15 is 0 Å². The van der Waals surface area contributed by atoms with Crippen LogP contribution in [-0.4, -0.2) is 20.1 Å². The molecule has 1 aromatic rings. The molecule has 0 aliphatic rings. The third-order valence-corrected chi connectivity index (χ3v) is 2.17. The van der Waals surface area contributed by atoms with Crippen LogP contribution < -0.4 is 9.64 Å². The lowest BCUT2D eigenvalue weighted by Gasteiger charge is -2.18. The van der Waals surface area contributed by atoms with Gasteiger partial charge < -0.3 is 9.64 Å². The van der Waals surface area contributed by atoms with E-state index in [9.17, 15) is 4.79 Å². The molecule has 0 bridgehead atoms. The van der Waals surface area contributed by atoms with Gasteiger partial charge in [-0.15, -0.1) is 0 Å². The van der Waals surface area contributed by atoms with Crippen LogP contribution in [0.25, 0.3) is 0 Å². The Balaban J connectivity index is 0.00000196. The second-order valence-corrected chi connectivity index (χ2v) is 3.25. The maximum atomic E-state index is 11.2. The van der Waals surface area contributed by atoms with Crippen LogP contribution in [0.3, 0.4) is 0 Å². The number of ether oxygens (including phenoxy) is 1. The molecule has 0 saturated carbocycles. The molecule has 0 atom stereocenters. The Hall–Kier alpha value is -1.51. The van der Waals surface area contributed by atoms with Gasteiger partial charge in [-0.1, -0.05) is 13.5 Å². The van der Waals surface area contributed by atoms with Crippen LogP contribution in [-0.2, 0) is 4.79 Å². The van der Waals surface area contributed by atoms with Crippen molar-refractivity contribution in [2.24, 2.45) is 0 Å². The van der Waals surface area contributed by atoms with Crippen molar-refractivity contribution in [3.8, 4) is 5.75 Å². The zero-order chi connectivity index (χ0) is 10.7. The maximum absolute atomic E-state index is 11.2. The zero-order valence-corrected chi connectivity index (χ0v) is 9.00. The Morgan fingerprint density at radius 3 is 2.47 bits per heavy atom. The third kappa shape index (κ3) is 2.98. The van der Waals surface area contributed by atoms with Gasteiger partial charge in [-0.25, -0.2) is 0 Å². The lowest BCUT2D eigenvalue weighted by molar-refractivity contribution is -0.116. The van der Waals surface area contributed by atoms with Gasteiger partial charge in [0.05, 0.1) is 12.8 Å². The maximum Gasteiger partial charge on any atom is 0.223 e. The minimum atomic E-state index is -0.00565. The predicted octanol–water partition coefficient (Wildman–Crippen LogP) is 2.62. The monoisotopic (exact) mass is 209 g/mol. The summed E-state index contributed by atoms with van der Waals surface area (Å²) in [5, 5.41) is 0. The van der Waals surface area contributed by atoms with Crippen LogP contribution in [0.2, 0.25) is 0 Å². The first-order valence-corrected chi connectivity index (χ1v) is 4.45. The number of carbonyl (C=O) groups is 1. The molecule has 0 spiro atoms. The first-order valence-electron chi connectivity index (χ1n) is 4.45. The summed E-state index contributed by atoms with van der Waals surface area (Å²) < 4.78 is 5.18. The number of hydrogen-bond donors (Lipinski definition) is 0. The molecule has 15 heavy (non-hydrogen) atoms. The average Bonchev–Trinajstić information content (AvgIpc) is 2.16. The highest BCUT2D eigenvalue weighted by Gasteiger charge is 2.11. The van der Waals surface area contributed by atoms with E-state index in [1.54, 1.807) is 19.1 Å². The van der Waals surface area contributed by atoms with E-state index in [1.165, 1.54) is 6.92 Å². The average molecular weight is 209 g/mol.